The number of carbonyl (C=O) groups is 3. The highest BCUT2D eigenvalue weighted by Crippen LogP contribution is 2.39. The molecule has 7 heteroatoms. The van der Waals surface area contributed by atoms with Crippen LogP contribution in [-0.4, -0.2) is 43.2 Å². The Labute approximate surface area is 205 Å². The van der Waals surface area contributed by atoms with Crippen LogP contribution in [0.1, 0.15) is 37.3 Å². The summed E-state index contributed by atoms with van der Waals surface area (Å²) in [5.74, 6) is 0.751. The van der Waals surface area contributed by atoms with Crippen molar-refractivity contribution in [1.82, 2.24) is 5.32 Å². The number of methoxy groups -OCH3 is 1. The van der Waals surface area contributed by atoms with Gasteiger partial charge in [0.1, 0.15) is 5.75 Å². The minimum Gasteiger partial charge on any atom is -0.497 e. The van der Waals surface area contributed by atoms with Crippen molar-refractivity contribution in [2.24, 2.45) is 11.8 Å². The molecule has 182 valence electrons. The number of aryl methyl sites for hydroxylation is 1. The van der Waals surface area contributed by atoms with Crippen LogP contribution in [0.25, 0.3) is 0 Å². The van der Waals surface area contributed by atoms with Gasteiger partial charge in [0, 0.05) is 17.9 Å². The number of ether oxygens (including phenoxy) is 2. The lowest BCUT2D eigenvalue weighted by atomic mass is 10.0. The van der Waals surface area contributed by atoms with Crippen molar-refractivity contribution in [2.45, 2.75) is 44.4 Å². The molecule has 3 rings (SSSR count). The minimum atomic E-state index is -0.569. The molecule has 1 aliphatic carbocycles. The Morgan fingerprint density at radius 3 is 2.44 bits per heavy atom. The molecule has 0 radical (unpaired) electrons. The molecule has 3 atom stereocenters. The molecule has 2 aromatic rings. The van der Waals surface area contributed by atoms with Gasteiger partial charge in [-0.15, -0.1) is 0 Å². The SMILES string of the molecule is CCOC(=O)[C@H]1C[C@@H]1C(=O)N[C@@H](CSCc1ccccc1)C(=O)CCCc1ccc(OC)cc1. The Morgan fingerprint density at radius 1 is 1.03 bits per heavy atom. The molecule has 34 heavy (non-hydrogen) atoms. The summed E-state index contributed by atoms with van der Waals surface area (Å²) < 4.78 is 10.2. The Hall–Kier alpha value is -2.80. The molecule has 1 fully saturated rings. The topological polar surface area (TPSA) is 81.7 Å². The molecule has 0 bridgehead atoms. The van der Waals surface area contributed by atoms with Gasteiger partial charge < -0.3 is 14.8 Å². The van der Waals surface area contributed by atoms with E-state index < -0.39 is 12.0 Å². The van der Waals surface area contributed by atoms with Gasteiger partial charge in [-0.3, -0.25) is 14.4 Å². The van der Waals surface area contributed by atoms with Crippen molar-refractivity contribution < 1.29 is 23.9 Å². The van der Waals surface area contributed by atoms with E-state index in [9.17, 15) is 14.4 Å². The van der Waals surface area contributed by atoms with Gasteiger partial charge in [0.15, 0.2) is 5.78 Å². The largest absolute Gasteiger partial charge is 0.497 e. The first-order chi connectivity index (χ1) is 16.5. The number of amides is 1. The van der Waals surface area contributed by atoms with Crippen LogP contribution in [0.5, 0.6) is 5.75 Å². The predicted molar refractivity (Wildman–Crippen MR) is 134 cm³/mol. The lowest BCUT2D eigenvalue weighted by Crippen LogP contribution is -2.43. The van der Waals surface area contributed by atoms with E-state index >= 15 is 0 Å². The van der Waals surface area contributed by atoms with Crippen LogP contribution in [0.3, 0.4) is 0 Å². The Morgan fingerprint density at radius 2 is 1.76 bits per heavy atom. The fourth-order valence-electron chi connectivity index (χ4n) is 3.79. The molecule has 1 amide bonds. The van der Waals surface area contributed by atoms with Crippen molar-refractivity contribution in [3.05, 3.63) is 65.7 Å². The van der Waals surface area contributed by atoms with Crippen molar-refractivity contribution >= 4 is 29.4 Å². The van der Waals surface area contributed by atoms with Gasteiger partial charge in [0.25, 0.3) is 0 Å². The number of benzene rings is 2. The number of hydrogen-bond acceptors (Lipinski definition) is 6. The second-order valence-corrected chi connectivity index (χ2v) is 9.46. The summed E-state index contributed by atoms with van der Waals surface area (Å²) in [4.78, 5) is 37.7. The van der Waals surface area contributed by atoms with E-state index in [-0.39, 0.29) is 23.6 Å². The van der Waals surface area contributed by atoms with Crippen molar-refractivity contribution in [3.8, 4) is 5.75 Å². The molecule has 1 saturated carbocycles. The van der Waals surface area contributed by atoms with E-state index in [4.69, 9.17) is 9.47 Å². The first kappa shape index (κ1) is 25.8. The Bertz CT molecular complexity index is 947. The van der Waals surface area contributed by atoms with Crippen LogP contribution in [-0.2, 0) is 31.3 Å². The number of thioether (sulfide) groups is 1. The van der Waals surface area contributed by atoms with Gasteiger partial charge >= 0.3 is 5.97 Å². The third kappa shape index (κ3) is 7.90. The highest BCUT2D eigenvalue weighted by atomic mass is 32.2. The summed E-state index contributed by atoms with van der Waals surface area (Å²) >= 11 is 1.62. The molecule has 0 unspecified atom stereocenters. The molecule has 0 aromatic heterocycles. The molecule has 6 nitrogen and oxygen atoms in total. The predicted octanol–water partition coefficient (Wildman–Crippen LogP) is 4.20. The van der Waals surface area contributed by atoms with Crippen LogP contribution in [0.4, 0.5) is 0 Å². The number of hydrogen-bond donors (Lipinski definition) is 1. The summed E-state index contributed by atoms with van der Waals surface area (Å²) in [5, 5.41) is 2.92. The van der Waals surface area contributed by atoms with E-state index in [1.807, 2.05) is 54.6 Å². The maximum Gasteiger partial charge on any atom is 0.309 e. The number of nitrogens with one attached hydrogen (secondary N) is 1. The summed E-state index contributed by atoms with van der Waals surface area (Å²) in [6, 6.07) is 17.3. The Kier molecular flexibility index (Phi) is 10.0. The normalized spacial score (nSPS) is 17.5. The average molecular weight is 484 g/mol. The van der Waals surface area contributed by atoms with Crippen LogP contribution < -0.4 is 10.1 Å². The lowest BCUT2D eigenvalue weighted by Gasteiger charge is -2.18. The second kappa shape index (κ2) is 13.2. The van der Waals surface area contributed by atoms with Gasteiger partial charge in [-0.05, 0) is 49.4 Å². The zero-order valence-electron chi connectivity index (χ0n) is 19.8. The number of rotatable bonds is 14. The fraction of sp³-hybridized carbons (Fsp3) is 0.444. The van der Waals surface area contributed by atoms with E-state index in [1.54, 1.807) is 25.8 Å². The third-order valence-electron chi connectivity index (χ3n) is 5.87. The molecule has 0 heterocycles. The highest BCUT2D eigenvalue weighted by molar-refractivity contribution is 7.98. The third-order valence-corrected chi connectivity index (χ3v) is 6.97. The zero-order chi connectivity index (χ0) is 24.3. The molecular formula is C27H33NO5S. The van der Waals surface area contributed by atoms with Gasteiger partial charge in [-0.1, -0.05) is 42.5 Å². The standard InChI is InChI=1S/C27H33NO5S/c1-3-33-27(31)23-16-22(23)26(30)28-24(18-34-17-20-8-5-4-6-9-20)25(29)11-7-10-19-12-14-21(32-2)15-13-19/h4-6,8-9,12-15,22-24H,3,7,10-11,16-18H2,1-2H3,(H,28,30)/t22-,23-,24-/m0/s1. The van der Waals surface area contributed by atoms with Crippen LogP contribution in [0.2, 0.25) is 0 Å². The summed E-state index contributed by atoms with van der Waals surface area (Å²) in [6.07, 6.45) is 2.35. The molecule has 0 spiro atoms. The summed E-state index contributed by atoms with van der Waals surface area (Å²) in [5.41, 5.74) is 2.32. The van der Waals surface area contributed by atoms with E-state index in [0.717, 1.165) is 23.5 Å². The maximum atomic E-state index is 13.0. The van der Waals surface area contributed by atoms with Crippen LogP contribution in [0, 0.1) is 11.8 Å². The number of carbonyl (C=O) groups excluding carboxylic acids is 3. The zero-order valence-corrected chi connectivity index (χ0v) is 20.6. The number of ketones is 1. The van der Waals surface area contributed by atoms with Gasteiger partial charge in [0.05, 0.1) is 31.6 Å². The quantitative estimate of drug-likeness (QED) is 0.406. The lowest BCUT2D eigenvalue weighted by molar-refractivity contribution is -0.146. The first-order valence-corrected chi connectivity index (χ1v) is 12.9. The molecule has 0 saturated heterocycles. The van der Waals surface area contributed by atoms with Crippen molar-refractivity contribution in [1.29, 1.82) is 0 Å². The smallest absolute Gasteiger partial charge is 0.309 e. The van der Waals surface area contributed by atoms with E-state index in [0.29, 0.717) is 31.6 Å². The van der Waals surface area contributed by atoms with E-state index in [1.165, 1.54) is 5.56 Å². The highest BCUT2D eigenvalue weighted by Gasteiger charge is 2.49. The molecular weight excluding hydrogens is 450 g/mol. The molecule has 2 aromatic carbocycles. The van der Waals surface area contributed by atoms with Gasteiger partial charge in [-0.25, -0.2) is 0 Å². The number of Topliss-reactive ketones (excluding diaryl/α,β-unsaturated/α-hetero) is 1. The summed E-state index contributed by atoms with van der Waals surface area (Å²) in [7, 11) is 1.63. The van der Waals surface area contributed by atoms with Gasteiger partial charge in [-0.2, -0.15) is 11.8 Å². The molecule has 1 N–H and O–H groups in total. The molecule has 0 aliphatic heterocycles. The molecule has 1 aliphatic rings. The summed E-state index contributed by atoms with van der Waals surface area (Å²) in [6.45, 7) is 2.05. The maximum absolute atomic E-state index is 13.0. The van der Waals surface area contributed by atoms with Gasteiger partial charge in [0.2, 0.25) is 5.91 Å². The second-order valence-electron chi connectivity index (χ2n) is 8.43. The van der Waals surface area contributed by atoms with Crippen LogP contribution in [0.15, 0.2) is 54.6 Å². The average Bonchev–Trinajstić information content (AvgIpc) is 3.66. The first-order valence-electron chi connectivity index (χ1n) is 11.8. The van der Waals surface area contributed by atoms with E-state index in [2.05, 4.69) is 5.32 Å². The van der Waals surface area contributed by atoms with Crippen molar-refractivity contribution in [2.75, 3.05) is 19.5 Å². The fourth-order valence-corrected chi connectivity index (χ4v) is 4.84. The van der Waals surface area contributed by atoms with Crippen LogP contribution >= 0.6 is 11.8 Å². The minimum absolute atomic E-state index is 0.0239. The Balaban J connectivity index is 1.53. The van der Waals surface area contributed by atoms with Crippen molar-refractivity contribution in [3.63, 3.8) is 0 Å². The monoisotopic (exact) mass is 483 g/mol. The number of esters is 1.